The third kappa shape index (κ3) is 3.65. The van der Waals surface area contributed by atoms with Gasteiger partial charge in [-0.3, -0.25) is 29.9 Å². The van der Waals surface area contributed by atoms with Crippen LogP contribution in [0.1, 0.15) is 31.4 Å². The number of halogens is 1. The van der Waals surface area contributed by atoms with Gasteiger partial charge in [-0.25, -0.2) is 4.79 Å². The van der Waals surface area contributed by atoms with Crippen LogP contribution in [-0.4, -0.2) is 33.7 Å². The maximum atomic E-state index is 12.8. The molecule has 1 aromatic carbocycles. The molecule has 2 heterocycles. The largest absolute Gasteiger partial charge is 0.457 e. The van der Waals surface area contributed by atoms with Crippen molar-refractivity contribution in [2.45, 2.75) is 31.7 Å². The number of furan rings is 1. The normalized spacial score (nSPS) is 18.9. The molecule has 154 valence electrons. The minimum Gasteiger partial charge on any atom is -0.457 e. The zero-order valence-electron chi connectivity index (χ0n) is 15.6. The Hall–Kier alpha value is -3.27. The van der Waals surface area contributed by atoms with Gasteiger partial charge < -0.3 is 4.42 Å². The van der Waals surface area contributed by atoms with Gasteiger partial charge in [-0.15, -0.1) is 0 Å². The number of benzene rings is 1. The molecule has 4 rings (SSSR count). The maximum Gasteiger partial charge on any atom is 0.331 e. The highest BCUT2D eigenvalue weighted by atomic mass is 79.9. The molecule has 1 aliphatic heterocycles. The quantitative estimate of drug-likeness (QED) is 0.309. The Labute approximate surface area is 179 Å². The van der Waals surface area contributed by atoms with Gasteiger partial charge in [-0.05, 0) is 53.0 Å². The number of urea groups is 1. The summed E-state index contributed by atoms with van der Waals surface area (Å²) in [7, 11) is 0. The molecule has 1 saturated carbocycles. The lowest BCUT2D eigenvalue weighted by Crippen LogP contribution is -2.57. The number of nitro groups is 1. The van der Waals surface area contributed by atoms with Crippen molar-refractivity contribution in [1.82, 2.24) is 10.2 Å². The van der Waals surface area contributed by atoms with Gasteiger partial charge in [0.05, 0.1) is 4.92 Å². The maximum absolute atomic E-state index is 12.8. The van der Waals surface area contributed by atoms with Gasteiger partial charge in [0.1, 0.15) is 17.1 Å². The third-order valence-electron chi connectivity index (χ3n) is 5.17. The molecule has 1 aromatic heterocycles. The Balaban J connectivity index is 1.63. The molecule has 2 aromatic rings. The molecule has 4 amide bonds. The number of barbiturate groups is 1. The summed E-state index contributed by atoms with van der Waals surface area (Å²) in [6.07, 6.45) is 4.61. The fraction of sp³-hybridized carbons (Fsp3) is 0.250. The van der Waals surface area contributed by atoms with Gasteiger partial charge in [-0.1, -0.05) is 12.8 Å². The standard InChI is InChI=1S/C20H16BrN3O6/c21-16-9-12(24(28)29)5-7-14(16)17-8-6-13(30-17)10-15-18(25)22-20(27)23(19(15)26)11-3-1-2-4-11/h5-11H,1-4H2,(H,22,25,27)/b15-10-. The Kier molecular flexibility index (Phi) is 5.25. The summed E-state index contributed by atoms with van der Waals surface area (Å²) in [5.74, 6) is -0.760. The molecule has 0 unspecified atom stereocenters. The minimum atomic E-state index is -0.770. The highest BCUT2D eigenvalue weighted by Gasteiger charge is 2.40. The first-order valence-corrected chi connectivity index (χ1v) is 10.1. The number of nitrogens with one attached hydrogen (secondary N) is 1. The highest BCUT2D eigenvalue weighted by Crippen LogP contribution is 2.33. The Morgan fingerprint density at radius 2 is 1.90 bits per heavy atom. The summed E-state index contributed by atoms with van der Waals surface area (Å²) >= 11 is 3.29. The van der Waals surface area contributed by atoms with Crippen molar-refractivity contribution in [1.29, 1.82) is 0 Å². The number of imide groups is 2. The lowest BCUT2D eigenvalue weighted by molar-refractivity contribution is -0.384. The van der Waals surface area contributed by atoms with E-state index in [4.69, 9.17) is 4.42 Å². The summed E-state index contributed by atoms with van der Waals surface area (Å²) in [6, 6.07) is 6.55. The fourth-order valence-corrected chi connectivity index (χ4v) is 4.26. The Morgan fingerprint density at radius 1 is 1.17 bits per heavy atom. The second-order valence-corrected chi connectivity index (χ2v) is 7.91. The van der Waals surface area contributed by atoms with Crippen LogP contribution >= 0.6 is 15.9 Å². The number of nitrogens with zero attached hydrogens (tertiary/aromatic N) is 2. The second kappa shape index (κ2) is 7.86. The van der Waals surface area contributed by atoms with Crippen LogP contribution in [0.5, 0.6) is 0 Å². The van der Waals surface area contributed by atoms with Gasteiger partial charge in [0.2, 0.25) is 0 Å². The number of rotatable bonds is 4. The van der Waals surface area contributed by atoms with E-state index < -0.39 is 22.8 Å². The molecule has 0 atom stereocenters. The van der Waals surface area contributed by atoms with Crippen LogP contribution < -0.4 is 5.32 Å². The van der Waals surface area contributed by atoms with Crippen LogP contribution in [0.25, 0.3) is 17.4 Å². The van der Waals surface area contributed by atoms with E-state index in [0.29, 0.717) is 15.8 Å². The molecule has 2 fully saturated rings. The van der Waals surface area contributed by atoms with E-state index in [1.807, 2.05) is 0 Å². The molecular formula is C20H16BrN3O6. The van der Waals surface area contributed by atoms with Crippen LogP contribution in [0.2, 0.25) is 0 Å². The van der Waals surface area contributed by atoms with Crippen molar-refractivity contribution in [3.63, 3.8) is 0 Å². The highest BCUT2D eigenvalue weighted by molar-refractivity contribution is 9.10. The molecular weight excluding hydrogens is 458 g/mol. The number of nitro benzene ring substituents is 1. The molecule has 2 aliphatic rings. The lowest BCUT2D eigenvalue weighted by Gasteiger charge is -2.30. The molecule has 9 nitrogen and oxygen atoms in total. The van der Waals surface area contributed by atoms with Gasteiger partial charge in [0, 0.05) is 28.2 Å². The Morgan fingerprint density at radius 3 is 2.57 bits per heavy atom. The Bertz CT molecular complexity index is 1100. The average Bonchev–Trinajstić information content (AvgIpc) is 3.37. The van der Waals surface area contributed by atoms with E-state index in [2.05, 4.69) is 21.2 Å². The zero-order chi connectivity index (χ0) is 21.4. The van der Waals surface area contributed by atoms with E-state index >= 15 is 0 Å². The third-order valence-corrected chi connectivity index (χ3v) is 5.82. The summed E-state index contributed by atoms with van der Waals surface area (Å²) in [6.45, 7) is 0. The number of non-ortho nitro benzene ring substituents is 1. The zero-order valence-corrected chi connectivity index (χ0v) is 17.2. The smallest absolute Gasteiger partial charge is 0.331 e. The first-order chi connectivity index (χ1) is 14.3. The average molecular weight is 474 g/mol. The first kappa shape index (κ1) is 20.0. The van der Waals surface area contributed by atoms with Crippen molar-refractivity contribution >= 4 is 45.5 Å². The molecule has 0 spiro atoms. The fourth-order valence-electron chi connectivity index (χ4n) is 3.70. The van der Waals surface area contributed by atoms with Gasteiger partial charge in [0.25, 0.3) is 17.5 Å². The van der Waals surface area contributed by atoms with E-state index in [0.717, 1.165) is 30.6 Å². The monoisotopic (exact) mass is 473 g/mol. The topological polar surface area (TPSA) is 123 Å². The number of amides is 4. The van der Waals surface area contributed by atoms with E-state index in [9.17, 15) is 24.5 Å². The molecule has 10 heteroatoms. The number of hydrogen-bond acceptors (Lipinski definition) is 6. The van der Waals surface area contributed by atoms with Crippen molar-refractivity contribution in [3.8, 4) is 11.3 Å². The SMILES string of the molecule is O=C1NC(=O)N(C2CCCC2)C(=O)/C1=C\c1ccc(-c2ccc([N+](=O)[O-])cc2Br)o1. The van der Waals surface area contributed by atoms with Gasteiger partial charge >= 0.3 is 6.03 Å². The van der Waals surface area contributed by atoms with Gasteiger partial charge in [0.15, 0.2) is 0 Å². The van der Waals surface area contributed by atoms with Crippen LogP contribution in [0, 0.1) is 10.1 Å². The predicted molar refractivity (Wildman–Crippen MR) is 109 cm³/mol. The lowest BCUT2D eigenvalue weighted by atomic mass is 10.1. The second-order valence-electron chi connectivity index (χ2n) is 7.05. The molecule has 0 bridgehead atoms. The van der Waals surface area contributed by atoms with Crippen LogP contribution in [0.3, 0.4) is 0 Å². The summed E-state index contributed by atoms with van der Waals surface area (Å²) in [4.78, 5) is 48.8. The van der Waals surface area contributed by atoms with E-state index in [1.165, 1.54) is 24.3 Å². The summed E-state index contributed by atoms with van der Waals surface area (Å²) in [5.41, 5.74) is 0.332. The van der Waals surface area contributed by atoms with Crippen molar-refractivity contribution in [3.05, 3.63) is 56.3 Å². The van der Waals surface area contributed by atoms with E-state index in [-0.39, 0.29) is 23.1 Å². The van der Waals surface area contributed by atoms with Crippen LogP contribution in [-0.2, 0) is 9.59 Å². The minimum absolute atomic E-state index is 0.0688. The summed E-state index contributed by atoms with van der Waals surface area (Å²) < 4.78 is 6.19. The van der Waals surface area contributed by atoms with Gasteiger partial charge in [-0.2, -0.15) is 0 Å². The molecule has 1 aliphatic carbocycles. The van der Waals surface area contributed by atoms with E-state index in [1.54, 1.807) is 12.1 Å². The van der Waals surface area contributed by atoms with Crippen molar-refractivity contribution in [2.24, 2.45) is 0 Å². The molecule has 0 radical (unpaired) electrons. The first-order valence-electron chi connectivity index (χ1n) is 9.30. The van der Waals surface area contributed by atoms with Crippen LogP contribution in [0.4, 0.5) is 10.5 Å². The predicted octanol–water partition coefficient (Wildman–Crippen LogP) is 4.02. The van der Waals surface area contributed by atoms with Crippen LogP contribution in [0.15, 0.2) is 44.8 Å². The molecule has 30 heavy (non-hydrogen) atoms. The molecule has 1 saturated heterocycles. The summed E-state index contributed by atoms with van der Waals surface area (Å²) in [5, 5.41) is 13.1. The number of hydrogen-bond donors (Lipinski definition) is 1. The van der Waals surface area contributed by atoms with Crippen molar-refractivity contribution < 1.29 is 23.7 Å². The van der Waals surface area contributed by atoms with Crippen molar-refractivity contribution in [2.75, 3.05) is 0 Å². The number of carbonyl (C=O) groups excluding carboxylic acids is 3. The molecule has 1 N–H and O–H groups in total. The number of carbonyl (C=O) groups is 3.